The van der Waals surface area contributed by atoms with E-state index in [1.165, 1.54) is 64.2 Å². The molecule has 0 saturated heterocycles. The van der Waals surface area contributed by atoms with E-state index in [4.69, 9.17) is 0 Å². The van der Waals surface area contributed by atoms with Crippen molar-refractivity contribution in [2.45, 2.75) is 76.3 Å². The molecule has 1 aromatic heterocycles. The number of nitrogens with zero attached hydrogens (tertiary/aromatic N) is 2. The van der Waals surface area contributed by atoms with Crippen LogP contribution in [0.4, 0.5) is 0 Å². The van der Waals surface area contributed by atoms with Gasteiger partial charge in [-0.25, -0.2) is 9.13 Å². The second-order valence-electron chi connectivity index (χ2n) is 5.89. The molecule has 2 aliphatic carbocycles. The summed E-state index contributed by atoms with van der Waals surface area (Å²) in [6.45, 7) is 0. The lowest BCUT2D eigenvalue weighted by Gasteiger charge is -2.20. The summed E-state index contributed by atoms with van der Waals surface area (Å²) in [6, 6.07) is 1.57. The number of hydrogen-bond donors (Lipinski definition) is 0. The molecule has 3 rings (SSSR count). The Morgan fingerprint density at radius 1 is 0.833 bits per heavy atom. The Morgan fingerprint density at radius 2 is 1.44 bits per heavy atom. The summed E-state index contributed by atoms with van der Waals surface area (Å²) >= 11 is 0. The van der Waals surface area contributed by atoms with Crippen LogP contribution in [0.5, 0.6) is 0 Å². The van der Waals surface area contributed by atoms with Gasteiger partial charge in [0.1, 0.15) is 24.5 Å². The summed E-state index contributed by atoms with van der Waals surface area (Å²) in [4.78, 5) is 0. The zero-order chi connectivity index (χ0) is 11.5. The van der Waals surface area contributed by atoms with Crippen molar-refractivity contribution in [3.8, 4) is 0 Å². The van der Waals surface area contributed by atoms with E-state index in [-0.39, 0.29) is 24.0 Å². The molecular weight excluding hydrogens is 335 g/mol. The highest BCUT2D eigenvalue weighted by atomic mass is 127. The molecule has 0 unspecified atom stereocenters. The maximum Gasteiger partial charge on any atom is 0.244 e. The normalized spacial score (nSPS) is 22.7. The number of halogens is 1. The molecule has 18 heavy (non-hydrogen) atoms. The molecule has 2 aliphatic rings. The highest BCUT2D eigenvalue weighted by Gasteiger charge is 2.23. The van der Waals surface area contributed by atoms with E-state index in [0.29, 0.717) is 0 Å². The van der Waals surface area contributed by atoms with E-state index in [0.717, 1.165) is 12.1 Å². The summed E-state index contributed by atoms with van der Waals surface area (Å²) in [6.07, 6.45) is 21.1. The number of hydrogen-bond acceptors (Lipinski definition) is 0. The van der Waals surface area contributed by atoms with Crippen molar-refractivity contribution in [3.05, 3.63) is 18.7 Å². The summed E-state index contributed by atoms with van der Waals surface area (Å²) in [5, 5.41) is 0. The fourth-order valence-electron chi connectivity index (χ4n) is 3.58. The van der Waals surface area contributed by atoms with E-state index in [9.17, 15) is 0 Å². The van der Waals surface area contributed by atoms with Gasteiger partial charge < -0.3 is 24.0 Å². The van der Waals surface area contributed by atoms with Gasteiger partial charge in [0.25, 0.3) is 0 Å². The van der Waals surface area contributed by atoms with E-state index in [2.05, 4.69) is 27.9 Å². The van der Waals surface area contributed by atoms with Gasteiger partial charge in [0.05, 0.1) is 0 Å². The van der Waals surface area contributed by atoms with Gasteiger partial charge in [-0.15, -0.1) is 0 Å². The maximum atomic E-state index is 2.48. The average Bonchev–Trinajstić information content (AvgIpc) is 2.90. The molecule has 1 heterocycles. The first-order valence-corrected chi connectivity index (χ1v) is 7.52. The van der Waals surface area contributed by atoms with Gasteiger partial charge in [-0.1, -0.05) is 12.8 Å². The molecule has 0 radical (unpaired) electrons. The molecule has 2 saturated carbocycles. The van der Waals surface area contributed by atoms with Crippen molar-refractivity contribution < 1.29 is 28.5 Å². The Morgan fingerprint density at radius 3 is 2.11 bits per heavy atom. The SMILES string of the molecule is [I-].c1c[n+](C2CCCCC2)cn1C1CCCCC1. The number of rotatable bonds is 2. The molecule has 2 nitrogen and oxygen atoms in total. The van der Waals surface area contributed by atoms with E-state index in [1.807, 2.05) is 0 Å². The van der Waals surface area contributed by atoms with Crippen molar-refractivity contribution >= 4 is 0 Å². The predicted octanol–water partition coefficient (Wildman–Crippen LogP) is 0.790. The smallest absolute Gasteiger partial charge is 0.244 e. The second kappa shape index (κ2) is 6.92. The zero-order valence-corrected chi connectivity index (χ0v) is 13.4. The third kappa shape index (κ3) is 3.28. The monoisotopic (exact) mass is 360 g/mol. The van der Waals surface area contributed by atoms with Gasteiger partial charge in [0.15, 0.2) is 0 Å². The third-order valence-electron chi connectivity index (χ3n) is 4.67. The minimum absolute atomic E-state index is 0. The Balaban J connectivity index is 0.00000120. The van der Waals surface area contributed by atoms with Gasteiger partial charge in [0.2, 0.25) is 6.33 Å². The van der Waals surface area contributed by atoms with Crippen LogP contribution >= 0.6 is 0 Å². The van der Waals surface area contributed by atoms with E-state index < -0.39 is 0 Å². The van der Waals surface area contributed by atoms with Crippen LogP contribution in [0.25, 0.3) is 0 Å². The lowest BCUT2D eigenvalue weighted by Crippen LogP contribution is -3.00. The zero-order valence-electron chi connectivity index (χ0n) is 11.2. The molecule has 0 amide bonds. The van der Waals surface area contributed by atoms with Crippen LogP contribution < -0.4 is 28.5 Å². The lowest BCUT2D eigenvalue weighted by molar-refractivity contribution is -0.725. The number of aromatic nitrogens is 2. The molecule has 0 aliphatic heterocycles. The van der Waals surface area contributed by atoms with Crippen molar-refractivity contribution in [2.75, 3.05) is 0 Å². The summed E-state index contributed by atoms with van der Waals surface area (Å²) in [5.74, 6) is 0. The van der Waals surface area contributed by atoms with E-state index >= 15 is 0 Å². The highest BCUT2D eigenvalue weighted by Crippen LogP contribution is 2.28. The van der Waals surface area contributed by atoms with Gasteiger partial charge in [-0.2, -0.15) is 0 Å². The van der Waals surface area contributed by atoms with Crippen molar-refractivity contribution in [1.82, 2.24) is 4.57 Å². The highest BCUT2D eigenvalue weighted by molar-refractivity contribution is 4.78. The van der Waals surface area contributed by atoms with Crippen LogP contribution in [-0.4, -0.2) is 4.57 Å². The molecule has 3 heteroatoms. The predicted molar refractivity (Wildman–Crippen MR) is 68.9 cm³/mol. The molecule has 1 aromatic rings. The molecular formula is C15H25IN2. The van der Waals surface area contributed by atoms with Crippen LogP contribution in [-0.2, 0) is 0 Å². The summed E-state index contributed by atoms with van der Waals surface area (Å²) in [7, 11) is 0. The first-order chi connectivity index (χ1) is 8.43. The molecule has 0 N–H and O–H groups in total. The van der Waals surface area contributed by atoms with Crippen LogP contribution in [0, 0.1) is 0 Å². The minimum Gasteiger partial charge on any atom is -1.00 e. The van der Waals surface area contributed by atoms with Crippen molar-refractivity contribution in [2.24, 2.45) is 0 Å². The molecule has 102 valence electrons. The Bertz CT molecular complexity index is 317. The van der Waals surface area contributed by atoms with Gasteiger partial charge in [0, 0.05) is 0 Å². The first kappa shape index (κ1) is 14.4. The first-order valence-electron chi connectivity index (χ1n) is 7.52. The molecule has 0 atom stereocenters. The molecule has 0 spiro atoms. The van der Waals surface area contributed by atoms with Crippen LogP contribution in [0.1, 0.15) is 76.3 Å². The fraction of sp³-hybridized carbons (Fsp3) is 0.800. The third-order valence-corrected chi connectivity index (χ3v) is 4.67. The molecule has 0 bridgehead atoms. The quantitative estimate of drug-likeness (QED) is 0.545. The standard InChI is InChI=1S/C15H25N2.HI/c1-3-7-14(8-4-1)16-11-12-17(13-16)15-9-5-2-6-10-15;/h11-15H,1-10H2;1H/q+1;/p-1. The number of imidazole rings is 1. The molecule has 2 fully saturated rings. The van der Waals surface area contributed by atoms with Gasteiger partial charge in [-0.3, -0.25) is 0 Å². The summed E-state index contributed by atoms with van der Waals surface area (Å²) < 4.78 is 4.96. The Kier molecular flexibility index (Phi) is 5.52. The Labute approximate surface area is 128 Å². The average molecular weight is 360 g/mol. The molecule has 0 aromatic carbocycles. The largest absolute Gasteiger partial charge is 1.00 e. The van der Waals surface area contributed by atoms with Crippen LogP contribution in [0.3, 0.4) is 0 Å². The lowest BCUT2D eigenvalue weighted by atomic mass is 9.95. The maximum absolute atomic E-state index is 2.48. The fourth-order valence-corrected chi connectivity index (χ4v) is 3.58. The summed E-state index contributed by atoms with van der Waals surface area (Å²) in [5.41, 5.74) is 0. The van der Waals surface area contributed by atoms with E-state index in [1.54, 1.807) is 0 Å². The van der Waals surface area contributed by atoms with Gasteiger partial charge >= 0.3 is 0 Å². The Hall–Kier alpha value is -0.0600. The second-order valence-corrected chi connectivity index (χ2v) is 5.89. The van der Waals surface area contributed by atoms with Crippen LogP contribution in [0.15, 0.2) is 18.7 Å². The van der Waals surface area contributed by atoms with Crippen molar-refractivity contribution in [3.63, 3.8) is 0 Å². The van der Waals surface area contributed by atoms with Crippen molar-refractivity contribution in [1.29, 1.82) is 0 Å². The minimum atomic E-state index is 0. The van der Waals surface area contributed by atoms with Crippen LogP contribution in [0.2, 0.25) is 0 Å². The van der Waals surface area contributed by atoms with Gasteiger partial charge in [-0.05, 0) is 51.4 Å². The topological polar surface area (TPSA) is 8.81 Å².